The first-order valence-corrected chi connectivity index (χ1v) is 7.01. The molecule has 0 aliphatic rings. The van der Waals surface area contributed by atoms with E-state index >= 15 is 0 Å². The number of hydrogen-bond acceptors (Lipinski definition) is 4. The number of rotatable bonds is 12. The van der Waals surface area contributed by atoms with Gasteiger partial charge in [0, 0.05) is 5.92 Å². The maximum atomic E-state index is 10.5. The molecule has 0 bridgehead atoms. The van der Waals surface area contributed by atoms with E-state index in [1.165, 1.54) is 32.1 Å². The number of carbonyl (C=O) groups excluding carboxylic acids is 2. The summed E-state index contributed by atoms with van der Waals surface area (Å²) in [7, 11) is 0. The smallest absolute Gasteiger partial charge is 0.549 e. The number of aliphatic carboxylic acids is 2. The van der Waals surface area contributed by atoms with Crippen molar-refractivity contribution < 1.29 is 19.8 Å². The summed E-state index contributed by atoms with van der Waals surface area (Å²) in [6.07, 6.45) is 10.1. The van der Waals surface area contributed by atoms with E-state index in [2.05, 4.69) is 6.92 Å². The van der Waals surface area contributed by atoms with E-state index in [1.807, 2.05) is 0 Å². The minimum Gasteiger partial charge on any atom is -0.549 e. The monoisotopic (exact) mass is 280 g/mol. The molecule has 0 amide bonds. The first-order valence-electron chi connectivity index (χ1n) is 7.01. The summed E-state index contributed by atoms with van der Waals surface area (Å²) in [6, 6.07) is 0. The second kappa shape index (κ2) is 14.1. The van der Waals surface area contributed by atoms with Gasteiger partial charge in [-0.25, -0.2) is 0 Å². The predicted molar refractivity (Wildman–Crippen MR) is 71.1 cm³/mol. The number of carboxylic acid groups (broad SMARTS) is 2. The SMILES string of the molecule is CCCCCCCCCCCC(C(=O)[O-])C(=O)[O-].[Mg+2]. The third kappa shape index (κ3) is 12.5. The molecule has 0 fully saturated rings. The number of unbranched alkanes of at least 4 members (excludes halogenated alkanes) is 8. The average molecular weight is 281 g/mol. The van der Waals surface area contributed by atoms with Crippen molar-refractivity contribution in [1.29, 1.82) is 0 Å². The van der Waals surface area contributed by atoms with Crippen LogP contribution in [-0.2, 0) is 9.59 Å². The van der Waals surface area contributed by atoms with Crippen LogP contribution in [0.2, 0.25) is 0 Å². The van der Waals surface area contributed by atoms with Crippen LogP contribution >= 0.6 is 0 Å². The zero-order valence-corrected chi connectivity index (χ0v) is 13.4. The number of hydrogen-bond donors (Lipinski definition) is 0. The molecule has 0 unspecified atom stereocenters. The van der Waals surface area contributed by atoms with Crippen LogP contribution in [0.4, 0.5) is 0 Å². The van der Waals surface area contributed by atoms with Gasteiger partial charge in [-0.05, 0) is 6.42 Å². The minimum absolute atomic E-state index is 0. The standard InChI is InChI=1S/C14H26O4.Mg/c1-2-3-4-5-6-7-8-9-10-11-12(13(15)16)14(17)18;/h12H,2-11H2,1H3,(H,15,16)(H,17,18);/q;+2/p-2. The summed E-state index contributed by atoms with van der Waals surface area (Å²) in [5, 5.41) is 21.0. The van der Waals surface area contributed by atoms with Crippen molar-refractivity contribution in [2.45, 2.75) is 71.1 Å². The van der Waals surface area contributed by atoms with Crippen LogP contribution < -0.4 is 10.2 Å². The van der Waals surface area contributed by atoms with Crippen molar-refractivity contribution in [2.75, 3.05) is 0 Å². The Morgan fingerprint density at radius 3 is 1.53 bits per heavy atom. The Balaban J connectivity index is 0. The summed E-state index contributed by atoms with van der Waals surface area (Å²) in [5.41, 5.74) is 0. The summed E-state index contributed by atoms with van der Waals surface area (Å²) in [6.45, 7) is 2.19. The van der Waals surface area contributed by atoms with Gasteiger partial charge in [0.1, 0.15) is 0 Å². The van der Waals surface area contributed by atoms with Crippen LogP contribution in [0.15, 0.2) is 0 Å². The van der Waals surface area contributed by atoms with Crippen molar-refractivity contribution in [1.82, 2.24) is 0 Å². The van der Waals surface area contributed by atoms with E-state index in [0.717, 1.165) is 19.3 Å². The summed E-state index contributed by atoms with van der Waals surface area (Å²) in [5.74, 6) is -4.52. The van der Waals surface area contributed by atoms with Crippen molar-refractivity contribution in [3.8, 4) is 0 Å². The van der Waals surface area contributed by atoms with E-state index in [9.17, 15) is 19.8 Å². The van der Waals surface area contributed by atoms with E-state index in [-0.39, 0.29) is 29.5 Å². The molecule has 0 heterocycles. The maximum Gasteiger partial charge on any atom is 2.00 e. The fourth-order valence-electron chi connectivity index (χ4n) is 1.99. The van der Waals surface area contributed by atoms with Crippen LogP contribution in [0.1, 0.15) is 71.1 Å². The largest absolute Gasteiger partial charge is 2.00 e. The second-order valence-electron chi connectivity index (χ2n) is 4.81. The molecule has 0 aromatic rings. The van der Waals surface area contributed by atoms with E-state index < -0.39 is 17.9 Å². The first-order chi connectivity index (χ1) is 8.59. The van der Waals surface area contributed by atoms with Gasteiger partial charge in [0.2, 0.25) is 0 Å². The fourth-order valence-corrected chi connectivity index (χ4v) is 1.99. The van der Waals surface area contributed by atoms with Crippen LogP contribution in [0.3, 0.4) is 0 Å². The molecule has 0 N–H and O–H groups in total. The van der Waals surface area contributed by atoms with E-state index in [1.54, 1.807) is 0 Å². The van der Waals surface area contributed by atoms with Crippen molar-refractivity contribution >= 4 is 35.0 Å². The Morgan fingerprint density at radius 1 is 0.789 bits per heavy atom. The number of carboxylic acids is 2. The molecular weight excluding hydrogens is 256 g/mol. The molecule has 0 aromatic heterocycles. The summed E-state index contributed by atoms with van der Waals surface area (Å²) < 4.78 is 0. The first kappa shape index (κ1) is 21.0. The van der Waals surface area contributed by atoms with Gasteiger partial charge in [0.15, 0.2) is 0 Å². The topological polar surface area (TPSA) is 80.3 Å². The molecule has 4 nitrogen and oxygen atoms in total. The summed E-state index contributed by atoms with van der Waals surface area (Å²) >= 11 is 0. The Morgan fingerprint density at radius 2 is 1.16 bits per heavy atom. The molecule has 106 valence electrons. The molecule has 0 saturated carbocycles. The molecule has 0 radical (unpaired) electrons. The van der Waals surface area contributed by atoms with Gasteiger partial charge < -0.3 is 19.8 Å². The Hall–Kier alpha value is -0.294. The van der Waals surface area contributed by atoms with Gasteiger partial charge in [-0.2, -0.15) is 0 Å². The Kier molecular flexibility index (Phi) is 15.6. The van der Waals surface area contributed by atoms with Crippen LogP contribution in [0.5, 0.6) is 0 Å². The molecule has 0 spiro atoms. The van der Waals surface area contributed by atoms with E-state index in [0.29, 0.717) is 6.42 Å². The van der Waals surface area contributed by atoms with Crippen LogP contribution in [0.25, 0.3) is 0 Å². The normalized spacial score (nSPS) is 10.2. The molecular formula is C14H24MgO4. The Bertz CT molecular complexity index is 230. The minimum atomic E-state index is -1.53. The fraction of sp³-hybridized carbons (Fsp3) is 0.857. The molecule has 19 heavy (non-hydrogen) atoms. The van der Waals surface area contributed by atoms with Crippen molar-refractivity contribution in [3.05, 3.63) is 0 Å². The number of carbonyl (C=O) groups is 2. The van der Waals surface area contributed by atoms with Gasteiger partial charge in [0.25, 0.3) is 0 Å². The molecule has 0 aliphatic carbocycles. The van der Waals surface area contributed by atoms with Gasteiger partial charge >= 0.3 is 23.1 Å². The third-order valence-electron chi connectivity index (χ3n) is 3.17. The average Bonchev–Trinajstić information content (AvgIpc) is 2.30. The van der Waals surface area contributed by atoms with Gasteiger partial charge in [0.05, 0.1) is 11.9 Å². The molecule has 0 atom stereocenters. The predicted octanol–water partition coefficient (Wildman–Crippen LogP) is 0.642. The molecule has 0 aliphatic heterocycles. The van der Waals surface area contributed by atoms with Gasteiger partial charge in [-0.1, -0.05) is 64.7 Å². The summed E-state index contributed by atoms with van der Waals surface area (Å²) in [4.78, 5) is 21.0. The van der Waals surface area contributed by atoms with Crippen molar-refractivity contribution in [3.63, 3.8) is 0 Å². The zero-order valence-electron chi connectivity index (χ0n) is 12.0. The van der Waals surface area contributed by atoms with Crippen molar-refractivity contribution in [2.24, 2.45) is 5.92 Å². The maximum absolute atomic E-state index is 10.5. The van der Waals surface area contributed by atoms with Crippen LogP contribution in [0, 0.1) is 5.92 Å². The quantitative estimate of drug-likeness (QED) is 0.298. The third-order valence-corrected chi connectivity index (χ3v) is 3.17. The molecule has 0 aromatic carbocycles. The molecule has 0 rings (SSSR count). The molecule has 5 heteroatoms. The van der Waals surface area contributed by atoms with Crippen LogP contribution in [-0.4, -0.2) is 35.0 Å². The zero-order chi connectivity index (χ0) is 13.8. The molecule has 0 saturated heterocycles. The van der Waals surface area contributed by atoms with E-state index in [4.69, 9.17) is 0 Å². The van der Waals surface area contributed by atoms with Gasteiger partial charge in [-0.3, -0.25) is 0 Å². The van der Waals surface area contributed by atoms with Gasteiger partial charge in [-0.15, -0.1) is 0 Å². The second-order valence-corrected chi connectivity index (χ2v) is 4.81. The Labute approximate surface area is 132 Å².